The lowest BCUT2D eigenvalue weighted by molar-refractivity contribution is -0.130. The van der Waals surface area contributed by atoms with Gasteiger partial charge >= 0.3 is 0 Å². The highest BCUT2D eigenvalue weighted by Crippen LogP contribution is 2.10. The molecule has 110 valence electrons. The lowest BCUT2D eigenvalue weighted by atomic mass is 10.2. The van der Waals surface area contributed by atoms with Crippen molar-refractivity contribution in [2.45, 2.75) is 13.3 Å². The second-order valence-corrected chi connectivity index (χ2v) is 5.16. The van der Waals surface area contributed by atoms with Crippen molar-refractivity contribution in [1.29, 1.82) is 0 Å². The Balaban J connectivity index is 2.47. The molecule has 0 aliphatic carbocycles. The third-order valence-corrected chi connectivity index (χ3v) is 3.36. The van der Waals surface area contributed by atoms with Crippen molar-refractivity contribution in [2.24, 2.45) is 0 Å². The molecule has 0 unspecified atom stereocenters. The van der Waals surface area contributed by atoms with Gasteiger partial charge in [-0.3, -0.25) is 9.59 Å². The molecule has 6 heteroatoms. The molecule has 2 N–H and O–H groups in total. The SMILES string of the molecule is CCN(CCCO)C(=O)CNC(=O)c1ccc(Br)cc1. The molecule has 0 spiro atoms. The van der Waals surface area contributed by atoms with Crippen LogP contribution in [0.25, 0.3) is 0 Å². The van der Waals surface area contributed by atoms with Gasteiger partial charge in [0, 0.05) is 29.7 Å². The van der Waals surface area contributed by atoms with Crippen LogP contribution in [0.2, 0.25) is 0 Å². The van der Waals surface area contributed by atoms with Gasteiger partial charge < -0.3 is 15.3 Å². The van der Waals surface area contributed by atoms with E-state index in [1.165, 1.54) is 0 Å². The summed E-state index contributed by atoms with van der Waals surface area (Å²) in [5.41, 5.74) is 0.513. The van der Waals surface area contributed by atoms with Crippen molar-refractivity contribution >= 4 is 27.7 Å². The topological polar surface area (TPSA) is 69.6 Å². The molecule has 0 aromatic heterocycles. The molecule has 0 radical (unpaired) electrons. The Labute approximate surface area is 127 Å². The summed E-state index contributed by atoms with van der Waals surface area (Å²) in [4.78, 5) is 25.3. The monoisotopic (exact) mass is 342 g/mol. The first-order valence-electron chi connectivity index (χ1n) is 6.51. The van der Waals surface area contributed by atoms with Crippen molar-refractivity contribution in [1.82, 2.24) is 10.2 Å². The van der Waals surface area contributed by atoms with Crippen molar-refractivity contribution in [3.63, 3.8) is 0 Å². The quantitative estimate of drug-likeness (QED) is 0.787. The number of carbonyl (C=O) groups is 2. The van der Waals surface area contributed by atoms with Crippen molar-refractivity contribution < 1.29 is 14.7 Å². The van der Waals surface area contributed by atoms with Gasteiger partial charge in [-0.25, -0.2) is 0 Å². The van der Waals surface area contributed by atoms with Gasteiger partial charge in [-0.1, -0.05) is 15.9 Å². The van der Waals surface area contributed by atoms with Gasteiger partial charge in [0.1, 0.15) is 0 Å². The van der Waals surface area contributed by atoms with Crippen LogP contribution in [-0.2, 0) is 4.79 Å². The molecule has 0 aliphatic heterocycles. The second-order valence-electron chi connectivity index (χ2n) is 4.24. The third kappa shape index (κ3) is 5.30. The van der Waals surface area contributed by atoms with Crippen LogP contribution in [0.4, 0.5) is 0 Å². The molecule has 5 nitrogen and oxygen atoms in total. The standard InChI is InChI=1S/C14H19BrN2O3/c1-2-17(8-3-9-18)13(19)10-16-14(20)11-4-6-12(15)7-5-11/h4-7,18H,2-3,8-10H2,1H3,(H,16,20). The molecular formula is C14H19BrN2O3. The first kappa shape index (κ1) is 16.7. The van der Waals surface area contributed by atoms with Crippen molar-refractivity contribution in [3.05, 3.63) is 34.3 Å². The minimum atomic E-state index is -0.274. The van der Waals surface area contributed by atoms with Crippen LogP contribution < -0.4 is 5.32 Å². The minimum Gasteiger partial charge on any atom is -0.396 e. The summed E-state index contributed by atoms with van der Waals surface area (Å²) < 4.78 is 0.895. The number of carbonyl (C=O) groups excluding carboxylic acids is 2. The van der Waals surface area contributed by atoms with Gasteiger partial charge in [0.25, 0.3) is 5.91 Å². The van der Waals surface area contributed by atoms with E-state index in [2.05, 4.69) is 21.2 Å². The molecule has 0 bridgehead atoms. The summed E-state index contributed by atoms with van der Waals surface area (Å²) in [6.45, 7) is 2.95. The van der Waals surface area contributed by atoms with E-state index in [1.54, 1.807) is 29.2 Å². The number of halogens is 1. The molecule has 0 fully saturated rings. The summed E-state index contributed by atoms with van der Waals surface area (Å²) in [5.74, 6) is -0.421. The number of hydrogen-bond donors (Lipinski definition) is 2. The van der Waals surface area contributed by atoms with Gasteiger partial charge in [0.05, 0.1) is 6.54 Å². The number of aliphatic hydroxyl groups excluding tert-OH is 1. The zero-order chi connectivity index (χ0) is 15.0. The fourth-order valence-corrected chi connectivity index (χ4v) is 1.96. The number of likely N-dealkylation sites (N-methyl/N-ethyl adjacent to an activating group) is 1. The van der Waals surface area contributed by atoms with Crippen LogP contribution in [0, 0.1) is 0 Å². The Kier molecular flexibility index (Phi) is 7.25. The van der Waals surface area contributed by atoms with Gasteiger partial charge in [-0.05, 0) is 37.6 Å². The number of nitrogens with zero attached hydrogens (tertiary/aromatic N) is 1. The molecule has 0 heterocycles. The number of benzene rings is 1. The van der Waals surface area contributed by atoms with E-state index in [0.717, 1.165) is 4.47 Å². The number of nitrogens with one attached hydrogen (secondary N) is 1. The van der Waals surface area contributed by atoms with Gasteiger partial charge in [-0.2, -0.15) is 0 Å². The lowest BCUT2D eigenvalue weighted by Crippen LogP contribution is -2.40. The Bertz CT molecular complexity index is 448. The van der Waals surface area contributed by atoms with E-state index in [4.69, 9.17) is 5.11 Å². The molecule has 1 aromatic carbocycles. The van der Waals surface area contributed by atoms with Crippen LogP contribution in [0.15, 0.2) is 28.7 Å². The Morgan fingerprint density at radius 2 is 1.95 bits per heavy atom. The normalized spacial score (nSPS) is 10.2. The average Bonchev–Trinajstić information content (AvgIpc) is 2.46. The van der Waals surface area contributed by atoms with Crippen LogP contribution in [0.5, 0.6) is 0 Å². The van der Waals surface area contributed by atoms with E-state index >= 15 is 0 Å². The van der Waals surface area contributed by atoms with E-state index in [-0.39, 0.29) is 25.0 Å². The predicted molar refractivity (Wildman–Crippen MR) is 80.4 cm³/mol. The molecule has 1 rings (SSSR count). The lowest BCUT2D eigenvalue weighted by Gasteiger charge is -2.20. The van der Waals surface area contributed by atoms with E-state index in [0.29, 0.717) is 25.1 Å². The van der Waals surface area contributed by atoms with Gasteiger partial charge in [0.15, 0.2) is 0 Å². The largest absolute Gasteiger partial charge is 0.396 e. The minimum absolute atomic E-state index is 0.0336. The zero-order valence-corrected chi connectivity index (χ0v) is 13.0. The number of rotatable bonds is 7. The third-order valence-electron chi connectivity index (χ3n) is 2.83. The van der Waals surface area contributed by atoms with Crippen LogP contribution in [0.1, 0.15) is 23.7 Å². The summed E-state index contributed by atoms with van der Waals surface area (Å²) in [5, 5.41) is 11.4. The highest BCUT2D eigenvalue weighted by atomic mass is 79.9. The van der Waals surface area contributed by atoms with Crippen LogP contribution >= 0.6 is 15.9 Å². The van der Waals surface area contributed by atoms with E-state index in [9.17, 15) is 9.59 Å². The maximum absolute atomic E-state index is 11.9. The fourth-order valence-electron chi connectivity index (χ4n) is 1.69. The molecule has 1 aromatic rings. The predicted octanol–water partition coefficient (Wildman–Crippen LogP) is 1.41. The molecule has 20 heavy (non-hydrogen) atoms. The molecular weight excluding hydrogens is 324 g/mol. The molecule has 0 aliphatic rings. The maximum Gasteiger partial charge on any atom is 0.251 e. The summed E-state index contributed by atoms with van der Waals surface area (Å²) in [6, 6.07) is 6.92. The summed E-state index contributed by atoms with van der Waals surface area (Å²) in [7, 11) is 0. The zero-order valence-electron chi connectivity index (χ0n) is 11.4. The first-order chi connectivity index (χ1) is 9.58. The maximum atomic E-state index is 11.9. The van der Waals surface area contributed by atoms with Gasteiger partial charge in [-0.15, -0.1) is 0 Å². The Hall–Kier alpha value is -1.40. The van der Waals surface area contributed by atoms with Gasteiger partial charge in [0.2, 0.25) is 5.91 Å². The second kappa shape index (κ2) is 8.71. The fraction of sp³-hybridized carbons (Fsp3) is 0.429. The first-order valence-corrected chi connectivity index (χ1v) is 7.30. The van der Waals surface area contributed by atoms with E-state index < -0.39 is 0 Å². The number of hydrogen-bond acceptors (Lipinski definition) is 3. The Morgan fingerprint density at radius 1 is 1.30 bits per heavy atom. The van der Waals surface area contributed by atoms with Crippen LogP contribution in [0.3, 0.4) is 0 Å². The van der Waals surface area contributed by atoms with Crippen LogP contribution in [-0.4, -0.2) is 48.1 Å². The van der Waals surface area contributed by atoms with Crippen molar-refractivity contribution in [3.8, 4) is 0 Å². The average molecular weight is 343 g/mol. The smallest absolute Gasteiger partial charge is 0.251 e. The molecule has 0 saturated carbocycles. The summed E-state index contributed by atoms with van der Waals surface area (Å²) >= 11 is 3.30. The number of amides is 2. The van der Waals surface area contributed by atoms with E-state index in [1.807, 2.05) is 6.92 Å². The van der Waals surface area contributed by atoms with Crippen molar-refractivity contribution in [2.75, 3.05) is 26.2 Å². The molecule has 0 atom stereocenters. The number of aliphatic hydroxyl groups is 1. The molecule has 0 saturated heterocycles. The molecule has 2 amide bonds. The highest BCUT2D eigenvalue weighted by molar-refractivity contribution is 9.10. The Morgan fingerprint density at radius 3 is 2.50 bits per heavy atom. The highest BCUT2D eigenvalue weighted by Gasteiger charge is 2.13. The summed E-state index contributed by atoms with van der Waals surface area (Å²) in [6.07, 6.45) is 0.542.